The van der Waals surface area contributed by atoms with E-state index in [-0.39, 0.29) is 11.7 Å². The van der Waals surface area contributed by atoms with Crippen LogP contribution in [0, 0.1) is 0 Å². The molecule has 0 radical (unpaired) electrons. The number of nitrogen functional groups attached to an aromatic ring is 1. The number of carbonyl (C=O) groups excluding carboxylic acids is 2. The Morgan fingerprint density at radius 3 is 2.67 bits per heavy atom. The topological polar surface area (TPSA) is 125 Å². The first-order valence-electron chi connectivity index (χ1n) is 7.80. The Morgan fingerprint density at radius 1 is 1.22 bits per heavy atom. The van der Waals surface area contributed by atoms with Crippen LogP contribution in [0.5, 0.6) is 0 Å². The van der Waals surface area contributed by atoms with Crippen LogP contribution in [0.2, 0.25) is 0 Å². The van der Waals surface area contributed by atoms with Gasteiger partial charge in [0.2, 0.25) is 11.1 Å². The van der Waals surface area contributed by atoms with Crippen LogP contribution in [0.25, 0.3) is 11.4 Å². The van der Waals surface area contributed by atoms with E-state index >= 15 is 0 Å². The minimum absolute atomic E-state index is 0.0983. The molecule has 0 bridgehead atoms. The Bertz CT molecular complexity index is 943. The number of nitrogens with one attached hydrogen (secondary N) is 1. The quantitative estimate of drug-likeness (QED) is 0.373. The highest BCUT2D eigenvalue weighted by Crippen LogP contribution is 2.21. The summed E-state index contributed by atoms with van der Waals surface area (Å²) in [6.07, 6.45) is 3.28. The lowest BCUT2D eigenvalue weighted by molar-refractivity contribution is -0.113. The Hall–Kier alpha value is -3.40. The van der Waals surface area contributed by atoms with E-state index in [0.29, 0.717) is 22.2 Å². The van der Waals surface area contributed by atoms with Crippen molar-refractivity contribution in [2.75, 3.05) is 24.0 Å². The highest BCUT2D eigenvalue weighted by Gasteiger charge is 2.14. The van der Waals surface area contributed by atoms with Gasteiger partial charge in [-0.05, 0) is 36.4 Å². The highest BCUT2D eigenvalue weighted by molar-refractivity contribution is 7.99. The summed E-state index contributed by atoms with van der Waals surface area (Å²) in [7, 11) is 1.31. The number of esters is 1. The van der Waals surface area contributed by atoms with Crippen molar-refractivity contribution in [3.8, 4) is 11.4 Å². The van der Waals surface area contributed by atoms with Crippen molar-refractivity contribution in [2.45, 2.75) is 5.16 Å². The SMILES string of the molecule is COC(=O)c1ccc(NC(=O)CSc2nnc(-c3cccnc3)n2N)cc1. The lowest BCUT2D eigenvalue weighted by atomic mass is 10.2. The molecule has 3 rings (SSSR count). The molecular formula is C17H16N6O3S. The Morgan fingerprint density at radius 2 is 2.00 bits per heavy atom. The Balaban J connectivity index is 1.58. The molecule has 3 N–H and O–H groups in total. The lowest BCUT2D eigenvalue weighted by Gasteiger charge is -2.06. The summed E-state index contributed by atoms with van der Waals surface area (Å²) >= 11 is 1.16. The standard InChI is InChI=1S/C17H16N6O3S/c1-26-16(25)11-4-6-13(7-5-11)20-14(24)10-27-17-22-21-15(23(17)18)12-3-2-8-19-9-12/h2-9H,10,18H2,1H3,(H,20,24). The summed E-state index contributed by atoms with van der Waals surface area (Å²) < 4.78 is 5.95. The van der Waals surface area contributed by atoms with Gasteiger partial charge in [0.15, 0.2) is 5.82 Å². The zero-order valence-corrected chi connectivity index (χ0v) is 15.1. The Kier molecular flexibility index (Phi) is 5.67. The van der Waals surface area contributed by atoms with Gasteiger partial charge in [-0.3, -0.25) is 9.78 Å². The average Bonchev–Trinajstić information content (AvgIpc) is 3.07. The smallest absolute Gasteiger partial charge is 0.337 e. The maximum atomic E-state index is 12.1. The van der Waals surface area contributed by atoms with Gasteiger partial charge < -0.3 is 15.9 Å². The van der Waals surface area contributed by atoms with E-state index in [1.54, 1.807) is 42.7 Å². The van der Waals surface area contributed by atoms with E-state index in [0.717, 1.165) is 17.3 Å². The zero-order valence-electron chi connectivity index (χ0n) is 14.3. The molecule has 0 aliphatic carbocycles. The van der Waals surface area contributed by atoms with E-state index in [2.05, 4.69) is 25.2 Å². The highest BCUT2D eigenvalue weighted by atomic mass is 32.2. The van der Waals surface area contributed by atoms with Gasteiger partial charge in [0.1, 0.15) is 0 Å². The summed E-state index contributed by atoms with van der Waals surface area (Å²) in [5, 5.41) is 11.2. The van der Waals surface area contributed by atoms with Crippen LogP contribution in [0.4, 0.5) is 5.69 Å². The first-order valence-corrected chi connectivity index (χ1v) is 8.79. The first kappa shape index (κ1) is 18.4. The first-order chi connectivity index (χ1) is 13.1. The number of nitrogens with zero attached hydrogens (tertiary/aromatic N) is 4. The molecule has 1 aromatic carbocycles. The van der Waals surface area contributed by atoms with E-state index in [9.17, 15) is 9.59 Å². The second-order valence-corrected chi connectivity index (χ2v) is 6.27. The monoisotopic (exact) mass is 384 g/mol. The van der Waals surface area contributed by atoms with Crippen LogP contribution < -0.4 is 11.2 Å². The molecule has 10 heteroatoms. The number of amides is 1. The number of aromatic nitrogens is 4. The van der Waals surface area contributed by atoms with Gasteiger partial charge >= 0.3 is 5.97 Å². The lowest BCUT2D eigenvalue weighted by Crippen LogP contribution is -2.16. The predicted molar refractivity (Wildman–Crippen MR) is 101 cm³/mol. The summed E-state index contributed by atoms with van der Waals surface area (Å²) in [5.74, 6) is 5.89. The van der Waals surface area contributed by atoms with Crippen molar-refractivity contribution in [1.82, 2.24) is 19.9 Å². The summed E-state index contributed by atoms with van der Waals surface area (Å²) in [5.41, 5.74) is 1.71. The molecule has 0 aliphatic rings. The van der Waals surface area contributed by atoms with Crippen molar-refractivity contribution in [3.63, 3.8) is 0 Å². The maximum Gasteiger partial charge on any atom is 0.337 e. The number of nitrogens with two attached hydrogens (primary N) is 1. The third-order valence-electron chi connectivity index (χ3n) is 3.51. The molecule has 27 heavy (non-hydrogen) atoms. The molecule has 0 unspecified atom stereocenters. The third kappa shape index (κ3) is 4.42. The predicted octanol–water partition coefficient (Wildman–Crippen LogP) is 1.57. The number of anilines is 1. The molecule has 0 spiro atoms. The zero-order chi connectivity index (χ0) is 19.2. The number of hydrogen-bond acceptors (Lipinski definition) is 8. The molecule has 2 aromatic heterocycles. The number of rotatable bonds is 6. The van der Waals surface area contributed by atoms with Crippen molar-refractivity contribution < 1.29 is 14.3 Å². The van der Waals surface area contributed by atoms with Gasteiger partial charge in [-0.25, -0.2) is 9.47 Å². The average molecular weight is 384 g/mol. The van der Waals surface area contributed by atoms with Crippen molar-refractivity contribution in [2.24, 2.45) is 0 Å². The van der Waals surface area contributed by atoms with Crippen molar-refractivity contribution in [3.05, 3.63) is 54.4 Å². The van der Waals surface area contributed by atoms with Crippen LogP contribution in [-0.2, 0) is 9.53 Å². The van der Waals surface area contributed by atoms with Crippen LogP contribution in [0.15, 0.2) is 53.9 Å². The molecule has 1 amide bonds. The summed E-state index contributed by atoms with van der Waals surface area (Å²) in [6.45, 7) is 0. The molecule has 0 aliphatic heterocycles. The van der Waals surface area contributed by atoms with Gasteiger partial charge in [0.05, 0.1) is 18.4 Å². The van der Waals surface area contributed by atoms with Crippen LogP contribution in [0.3, 0.4) is 0 Å². The molecule has 0 saturated carbocycles. The second-order valence-electron chi connectivity index (χ2n) is 5.32. The van der Waals surface area contributed by atoms with Crippen LogP contribution in [0.1, 0.15) is 10.4 Å². The van der Waals surface area contributed by atoms with Crippen molar-refractivity contribution in [1.29, 1.82) is 0 Å². The minimum atomic E-state index is -0.435. The molecule has 0 atom stereocenters. The molecule has 138 valence electrons. The van der Waals surface area contributed by atoms with Gasteiger partial charge in [0.25, 0.3) is 0 Å². The minimum Gasteiger partial charge on any atom is -0.465 e. The number of methoxy groups -OCH3 is 1. The fourth-order valence-corrected chi connectivity index (χ4v) is 2.86. The second kappa shape index (κ2) is 8.32. The van der Waals surface area contributed by atoms with E-state index in [1.807, 2.05) is 6.07 Å². The number of carbonyl (C=O) groups is 2. The molecule has 3 aromatic rings. The fraction of sp³-hybridized carbons (Fsp3) is 0.118. The fourth-order valence-electron chi connectivity index (χ4n) is 2.20. The number of benzene rings is 1. The number of pyridine rings is 1. The largest absolute Gasteiger partial charge is 0.465 e. The van der Waals surface area contributed by atoms with Crippen LogP contribution >= 0.6 is 11.8 Å². The van der Waals surface area contributed by atoms with Crippen LogP contribution in [-0.4, -0.2) is 44.6 Å². The Labute approximate surface area is 158 Å². The van der Waals surface area contributed by atoms with E-state index < -0.39 is 5.97 Å². The van der Waals surface area contributed by atoms with Gasteiger partial charge in [-0.2, -0.15) is 0 Å². The summed E-state index contributed by atoms with van der Waals surface area (Å²) in [4.78, 5) is 27.5. The van der Waals surface area contributed by atoms with Gasteiger partial charge in [0, 0.05) is 23.6 Å². The normalized spacial score (nSPS) is 10.4. The molecule has 2 heterocycles. The van der Waals surface area contributed by atoms with Crippen molar-refractivity contribution >= 4 is 29.3 Å². The summed E-state index contributed by atoms with van der Waals surface area (Å²) in [6, 6.07) is 9.99. The molecule has 0 saturated heterocycles. The van der Waals surface area contributed by atoms with E-state index in [4.69, 9.17) is 5.84 Å². The molecular weight excluding hydrogens is 368 g/mol. The van der Waals surface area contributed by atoms with Gasteiger partial charge in [-0.15, -0.1) is 10.2 Å². The maximum absolute atomic E-state index is 12.1. The third-order valence-corrected chi connectivity index (χ3v) is 4.45. The molecule has 9 nitrogen and oxygen atoms in total. The van der Waals surface area contributed by atoms with E-state index in [1.165, 1.54) is 11.8 Å². The number of ether oxygens (including phenoxy) is 1. The van der Waals surface area contributed by atoms with Gasteiger partial charge in [-0.1, -0.05) is 11.8 Å². The number of hydrogen-bond donors (Lipinski definition) is 2. The number of thioether (sulfide) groups is 1. The molecule has 0 fully saturated rings.